The van der Waals surface area contributed by atoms with Crippen LogP contribution in [0.1, 0.15) is 24.2 Å². The van der Waals surface area contributed by atoms with Crippen molar-refractivity contribution in [1.82, 2.24) is 14.9 Å². The first-order valence-electron chi connectivity index (χ1n) is 9.37. The van der Waals surface area contributed by atoms with Crippen LogP contribution in [-0.2, 0) is 11.2 Å². The molecule has 1 aromatic heterocycles. The van der Waals surface area contributed by atoms with E-state index in [0.717, 1.165) is 30.4 Å². The minimum atomic E-state index is -0.700. The average molecular weight is 381 g/mol. The summed E-state index contributed by atoms with van der Waals surface area (Å²) in [6, 6.07) is 7.53. The molecule has 146 valence electrons. The second kappa shape index (κ2) is 7.46. The van der Waals surface area contributed by atoms with Crippen LogP contribution in [0, 0.1) is 0 Å². The third-order valence-electron chi connectivity index (χ3n) is 5.30. The van der Waals surface area contributed by atoms with E-state index in [2.05, 4.69) is 9.97 Å². The summed E-state index contributed by atoms with van der Waals surface area (Å²) in [5.41, 5.74) is 1.72. The number of aldehydes is 1. The van der Waals surface area contributed by atoms with Gasteiger partial charge in [0.15, 0.2) is 18.3 Å². The van der Waals surface area contributed by atoms with Gasteiger partial charge < -0.3 is 14.5 Å². The number of hydrogen-bond donors (Lipinski definition) is 0. The summed E-state index contributed by atoms with van der Waals surface area (Å²) >= 11 is 0. The maximum atomic E-state index is 13.1. The lowest BCUT2D eigenvalue weighted by atomic mass is 10.1. The van der Waals surface area contributed by atoms with Gasteiger partial charge in [0.05, 0.1) is 13.3 Å². The monoisotopic (exact) mass is 381 g/mol. The van der Waals surface area contributed by atoms with Crippen LogP contribution < -0.4 is 14.5 Å². The molecule has 4 rings (SSSR count). The van der Waals surface area contributed by atoms with E-state index in [1.807, 2.05) is 24.3 Å². The van der Waals surface area contributed by atoms with Gasteiger partial charge in [-0.15, -0.1) is 0 Å². The Hall–Kier alpha value is -3.16. The van der Waals surface area contributed by atoms with E-state index >= 15 is 0 Å². The van der Waals surface area contributed by atoms with Crippen LogP contribution in [-0.4, -0.2) is 60.6 Å². The van der Waals surface area contributed by atoms with Crippen molar-refractivity contribution in [3.8, 4) is 5.75 Å². The van der Waals surface area contributed by atoms with Crippen molar-refractivity contribution >= 4 is 23.8 Å². The number of carbonyl (C=O) groups is 2. The molecule has 0 aliphatic carbocycles. The van der Waals surface area contributed by atoms with Gasteiger partial charge in [-0.2, -0.15) is 0 Å². The van der Waals surface area contributed by atoms with Crippen LogP contribution in [0.3, 0.4) is 0 Å². The number of ether oxygens (including phenoxy) is 1. The van der Waals surface area contributed by atoms with Crippen molar-refractivity contribution < 1.29 is 14.3 Å². The molecule has 0 spiro atoms. The predicted molar refractivity (Wildman–Crippen MR) is 105 cm³/mol. The third kappa shape index (κ3) is 3.15. The van der Waals surface area contributed by atoms with E-state index in [-0.39, 0.29) is 6.03 Å². The molecule has 0 bridgehead atoms. The molecule has 2 aliphatic heterocycles. The van der Waals surface area contributed by atoms with E-state index < -0.39 is 6.17 Å². The molecule has 1 aromatic carbocycles. The Kier molecular flexibility index (Phi) is 4.85. The minimum Gasteiger partial charge on any atom is -0.497 e. The maximum Gasteiger partial charge on any atom is 0.327 e. The van der Waals surface area contributed by atoms with Gasteiger partial charge in [-0.05, 0) is 30.5 Å². The molecule has 1 saturated heterocycles. The maximum absolute atomic E-state index is 13.1. The lowest BCUT2D eigenvalue weighted by Crippen LogP contribution is -2.51. The third-order valence-corrected chi connectivity index (χ3v) is 5.30. The number of urea groups is 1. The van der Waals surface area contributed by atoms with Crippen molar-refractivity contribution in [2.75, 3.05) is 37.0 Å². The zero-order valence-electron chi connectivity index (χ0n) is 16.0. The van der Waals surface area contributed by atoms with Crippen molar-refractivity contribution in [3.63, 3.8) is 0 Å². The molecular formula is C20H23N5O3. The first kappa shape index (κ1) is 18.2. The van der Waals surface area contributed by atoms with Crippen LogP contribution in [0.4, 0.5) is 16.3 Å². The number of methoxy groups -OCH3 is 1. The highest BCUT2D eigenvalue weighted by molar-refractivity contribution is 6.02. The van der Waals surface area contributed by atoms with Gasteiger partial charge in [0.25, 0.3) is 0 Å². The van der Waals surface area contributed by atoms with Crippen molar-refractivity contribution in [1.29, 1.82) is 0 Å². The number of carbonyl (C=O) groups excluding carboxylic acids is 2. The van der Waals surface area contributed by atoms with Crippen molar-refractivity contribution in [2.24, 2.45) is 0 Å². The summed E-state index contributed by atoms with van der Waals surface area (Å²) in [6.45, 7) is 1.42. The fraction of sp³-hybridized carbons (Fsp3) is 0.400. The zero-order chi connectivity index (χ0) is 19.7. The zero-order valence-corrected chi connectivity index (χ0v) is 16.0. The lowest BCUT2D eigenvalue weighted by Gasteiger charge is -2.28. The van der Waals surface area contributed by atoms with Crippen LogP contribution in [0.15, 0.2) is 30.5 Å². The Morgan fingerprint density at radius 2 is 1.96 bits per heavy atom. The minimum absolute atomic E-state index is 0.172. The Morgan fingerprint density at radius 1 is 1.25 bits per heavy atom. The number of aromatic nitrogens is 2. The molecule has 0 saturated carbocycles. The van der Waals surface area contributed by atoms with Crippen LogP contribution in [0.2, 0.25) is 0 Å². The van der Waals surface area contributed by atoms with Crippen LogP contribution in [0.25, 0.3) is 0 Å². The number of fused-ring (bicyclic) bond motifs is 1. The second-order valence-corrected chi connectivity index (χ2v) is 7.03. The highest BCUT2D eigenvalue weighted by Gasteiger charge is 2.41. The summed E-state index contributed by atoms with van der Waals surface area (Å²) in [5, 5.41) is 0. The molecule has 1 unspecified atom stereocenters. The molecular weight excluding hydrogens is 358 g/mol. The smallest absolute Gasteiger partial charge is 0.327 e. The molecule has 8 nitrogen and oxygen atoms in total. The largest absolute Gasteiger partial charge is 0.497 e. The Bertz CT molecular complexity index is 880. The molecule has 1 fully saturated rings. The molecule has 2 aromatic rings. The fourth-order valence-electron chi connectivity index (χ4n) is 3.70. The van der Waals surface area contributed by atoms with Gasteiger partial charge in [-0.25, -0.2) is 19.7 Å². The number of likely N-dealkylation sites (tertiary alicyclic amines) is 1. The molecule has 3 heterocycles. The highest BCUT2D eigenvalue weighted by Crippen LogP contribution is 2.37. The van der Waals surface area contributed by atoms with Crippen molar-refractivity contribution in [2.45, 2.75) is 25.4 Å². The van der Waals surface area contributed by atoms with Crippen LogP contribution in [0.5, 0.6) is 5.75 Å². The number of nitrogens with zero attached hydrogens (tertiary/aromatic N) is 5. The quantitative estimate of drug-likeness (QED) is 0.755. The Labute approximate surface area is 163 Å². The molecule has 2 amide bonds. The van der Waals surface area contributed by atoms with E-state index in [0.29, 0.717) is 36.8 Å². The number of hydrogen-bond acceptors (Lipinski definition) is 6. The summed E-state index contributed by atoms with van der Waals surface area (Å²) in [4.78, 5) is 38.9. The average Bonchev–Trinajstić information content (AvgIpc) is 3.35. The van der Waals surface area contributed by atoms with Crippen LogP contribution >= 0.6 is 0 Å². The summed E-state index contributed by atoms with van der Waals surface area (Å²) in [7, 11) is 3.41. The molecule has 8 heteroatoms. The first-order valence-corrected chi connectivity index (χ1v) is 9.37. The fourth-order valence-corrected chi connectivity index (χ4v) is 3.70. The summed E-state index contributed by atoms with van der Waals surface area (Å²) in [5.74, 6) is 1.88. The first-order chi connectivity index (χ1) is 13.6. The van der Waals surface area contributed by atoms with Crippen molar-refractivity contribution in [3.05, 3.63) is 41.9 Å². The second-order valence-electron chi connectivity index (χ2n) is 7.03. The van der Waals surface area contributed by atoms with E-state index in [9.17, 15) is 9.59 Å². The molecule has 1 atom stereocenters. The molecule has 2 aliphatic rings. The molecule has 0 N–H and O–H groups in total. The Morgan fingerprint density at radius 3 is 2.61 bits per heavy atom. The number of likely N-dealkylation sites (N-methyl/N-ethyl adjacent to an activating group) is 1. The Balaban J connectivity index is 1.64. The number of amides is 2. The van der Waals surface area contributed by atoms with E-state index in [1.165, 1.54) is 4.90 Å². The highest BCUT2D eigenvalue weighted by atomic mass is 16.5. The van der Waals surface area contributed by atoms with Gasteiger partial charge in [-0.3, -0.25) is 4.79 Å². The lowest BCUT2D eigenvalue weighted by molar-refractivity contribution is -0.108. The summed E-state index contributed by atoms with van der Waals surface area (Å²) < 4.78 is 5.19. The molecule has 0 radical (unpaired) electrons. The number of rotatable bonds is 4. The standard InChI is InChI=1S/C20H23N5O3/c1-23-16-12-21-17(11-14-5-7-15(28-2)8-6-14)22-19(16)25(18(23)13-26)20(27)24-9-3-4-10-24/h5-8,12-13,18H,3-4,9-11H2,1-2H3. The summed E-state index contributed by atoms with van der Waals surface area (Å²) in [6.07, 6.45) is 4.27. The normalized spacial score (nSPS) is 18.4. The predicted octanol–water partition coefficient (Wildman–Crippen LogP) is 2.07. The van der Waals surface area contributed by atoms with Gasteiger partial charge in [0.1, 0.15) is 17.3 Å². The van der Waals surface area contributed by atoms with Gasteiger partial charge >= 0.3 is 6.03 Å². The van der Waals surface area contributed by atoms with E-state index in [1.54, 1.807) is 30.2 Å². The number of anilines is 2. The molecule has 28 heavy (non-hydrogen) atoms. The van der Waals surface area contributed by atoms with Gasteiger partial charge in [0.2, 0.25) is 0 Å². The van der Waals surface area contributed by atoms with E-state index in [4.69, 9.17) is 4.74 Å². The van der Waals surface area contributed by atoms with Gasteiger partial charge in [-0.1, -0.05) is 12.1 Å². The van der Waals surface area contributed by atoms with Gasteiger partial charge in [0, 0.05) is 26.6 Å². The number of benzene rings is 1. The topological polar surface area (TPSA) is 78.9 Å². The SMILES string of the molecule is COc1ccc(Cc2ncc3c(n2)N(C(=O)N2CCCC2)C(C=O)N3C)cc1.